The summed E-state index contributed by atoms with van der Waals surface area (Å²) < 4.78 is 5.09. The molecule has 1 rings (SSSR count). The molecule has 0 saturated carbocycles. The largest absolute Gasteiger partial charge is 0.383 e. The third kappa shape index (κ3) is 4.55. The molecule has 1 fully saturated rings. The summed E-state index contributed by atoms with van der Waals surface area (Å²) in [6.07, 6.45) is 1.01. The van der Waals surface area contributed by atoms with Crippen LogP contribution in [0.15, 0.2) is 0 Å². The molecule has 106 valence electrons. The van der Waals surface area contributed by atoms with Crippen molar-refractivity contribution in [2.75, 3.05) is 46.4 Å². The Labute approximate surface area is 110 Å². The fourth-order valence-corrected chi connectivity index (χ4v) is 2.13. The molecule has 0 unspecified atom stereocenters. The van der Waals surface area contributed by atoms with Gasteiger partial charge in [0.2, 0.25) is 5.91 Å². The van der Waals surface area contributed by atoms with Crippen LogP contribution in [0.3, 0.4) is 0 Å². The van der Waals surface area contributed by atoms with Crippen molar-refractivity contribution < 1.29 is 9.53 Å². The number of hydrogen-bond acceptors (Lipinski definition) is 4. The van der Waals surface area contributed by atoms with Crippen LogP contribution in [0.2, 0.25) is 0 Å². The molecule has 0 aromatic carbocycles. The van der Waals surface area contributed by atoms with Gasteiger partial charge in [-0.2, -0.15) is 0 Å². The highest BCUT2D eigenvalue weighted by molar-refractivity contribution is 5.81. The van der Waals surface area contributed by atoms with E-state index < -0.39 is 0 Å². The van der Waals surface area contributed by atoms with Gasteiger partial charge < -0.3 is 15.4 Å². The molecule has 0 aromatic rings. The van der Waals surface area contributed by atoms with Crippen LogP contribution in [0.25, 0.3) is 0 Å². The van der Waals surface area contributed by atoms with E-state index in [2.05, 4.69) is 4.90 Å². The smallest absolute Gasteiger partial charge is 0.239 e. The maximum Gasteiger partial charge on any atom is 0.239 e. The number of carbonyl (C=O) groups is 1. The van der Waals surface area contributed by atoms with E-state index in [1.165, 1.54) is 0 Å². The number of methoxy groups -OCH3 is 1. The van der Waals surface area contributed by atoms with Gasteiger partial charge in [0, 0.05) is 33.3 Å². The first-order valence-electron chi connectivity index (χ1n) is 6.82. The van der Waals surface area contributed by atoms with E-state index in [-0.39, 0.29) is 17.9 Å². The fourth-order valence-electron chi connectivity index (χ4n) is 2.13. The summed E-state index contributed by atoms with van der Waals surface area (Å²) >= 11 is 0. The Balaban J connectivity index is 2.43. The van der Waals surface area contributed by atoms with E-state index in [9.17, 15) is 4.79 Å². The molecule has 5 heteroatoms. The second-order valence-corrected chi connectivity index (χ2v) is 5.28. The fraction of sp³-hybridized carbons (Fsp3) is 0.923. The van der Waals surface area contributed by atoms with Crippen molar-refractivity contribution in [3.05, 3.63) is 0 Å². The molecule has 0 bridgehead atoms. The van der Waals surface area contributed by atoms with Crippen molar-refractivity contribution in [1.29, 1.82) is 0 Å². The molecule has 18 heavy (non-hydrogen) atoms. The zero-order valence-electron chi connectivity index (χ0n) is 11.9. The summed E-state index contributed by atoms with van der Waals surface area (Å²) in [5, 5.41) is 0. The first-order chi connectivity index (χ1) is 8.56. The summed E-state index contributed by atoms with van der Waals surface area (Å²) in [5.74, 6) is 0.295. The van der Waals surface area contributed by atoms with Gasteiger partial charge in [0.25, 0.3) is 0 Å². The highest BCUT2D eigenvalue weighted by Gasteiger charge is 2.25. The number of ether oxygens (including phenoxy) is 1. The standard InChI is InChI=1S/C13H27N3O2/c1-11(2)12(14)13(17)16-6-4-5-15(7-8-16)9-10-18-3/h11-12H,4-10,14H2,1-3H3/t12-/m0/s1. The van der Waals surface area contributed by atoms with Gasteiger partial charge >= 0.3 is 0 Å². The van der Waals surface area contributed by atoms with E-state index in [1.54, 1.807) is 7.11 Å². The molecule has 1 amide bonds. The molecular formula is C13H27N3O2. The predicted octanol–water partition coefficient (Wildman–Crippen LogP) is 0.150. The van der Waals surface area contributed by atoms with Gasteiger partial charge in [-0.15, -0.1) is 0 Å². The van der Waals surface area contributed by atoms with Crippen LogP contribution in [-0.2, 0) is 9.53 Å². The minimum absolute atomic E-state index is 0.0959. The zero-order valence-corrected chi connectivity index (χ0v) is 11.9. The number of rotatable bonds is 5. The second-order valence-electron chi connectivity index (χ2n) is 5.28. The number of hydrogen-bond donors (Lipinski definition) is 1. The molecule has 1 atom stereocenters. The second kappa shape index (κ2) is 7.71. The third-order valence-corrected chi connectivity index (χ3v) is 3.52. The van der Waals surface area contributed by atoms with Crippen LogP contribution in [0.4, 0.5) is 0 Å². The first-order valence-corrected chi connectivity index (χ1v) is 6.82. The predicted molar refractivity (Wildman–Crippen MR) is 72.3 cm³/mol. The van der Waals surface area contributed by atoms with Crippen LogP contribution in [0.1, 0.15) is 20.3 Å². The molecule has 1 aliphatic rings. The molecule has 1 saturated heterocycles. The van der Waals surface area contributed by atoms with Crippen molar-refractivity contribution in [3.8, 4) is 0 Å². The summed E-state index contributed by atoms with van der Waals surface area (Å²) in [6, 6.07) is -0.365. The topological polar surface area (TPSA) is 58.8 Å². The highest BCUT2D eigenvalue weighted by atomic mass is 16.5. The lowest BCUT2D eigenvalue weighted by molar-refractivity contribution is -0.133. The van der Waals surface area contributed by atoms with Gasteiger partial charge in [0.15, 0.2) is 0 Å². The Morgan fingerprint density at radius 3 is 2.61 bits per heavy atom. The number of amides is 1. The average Bonchev–Trinajstić information content (AvgIpc) is 2.59. The maximum atomic E-state index is 12.2. The summed E-state index contributed by atoms with van der Waals surface area (Å²) in [5.41, 5.74) is 5.93. The van der Waals surface area contributed by atoms with Crippen LogP contribution >= 0.6 is 0 Å². The number of nitrogens with two attached hydrogens (primary N) is 1. The Bertz CT molecular complexity index is 259. The normalized spacial score (nSPS) is 19.9. The highest BCUT2D eigenvalue weighted by Crippen LogP contribution is 2.08. The number of nitrogens with zero attached hydrogens (tertiary/aromatic N) is 2. The monoisotopic (exact) mass is 257 g/mol. The Kier molecular flexibility index (Phi) is 6.60. The van der Waals surface area contributed by atoms with Crippen molar-refractivity contribution in [1.82, 2.24) is 9.80 Å². The molecule has 0 spiro atoms. The lowest BCUT2D eigenvalue weighted by atomic mass is 10.0. The van der Waals surface area contributed by atoms with Gasteiger partial charge in [-0.3, -0.25) is 9.69 Å². The third-order valence-electron chi connectivity index (χ3n) is 3.52. The lowest BCUT2D eigenvalue weighted by Gasteiger charge is -2.26. The molecule has 2 N–H and O–H groups in total. The van der Waals surface area contributed by atoms with Gasteiger partial charge in [-0.25, -0.2) is 0 Å². The molecular weight excluding hydrogens is 230 g/mol. The average molecular weight is 257 g/mol. The van der Waals surface area contributed by atoms with Crippen LogP contribution in [0.5, 0.6) is 0 Å². The SMILES string of the molecule is COCCN1CCCN(C(=O)[C@@H](N)C(C)C)CC1. The van der Waals surface area contributed by atoms with E-state index in [4.69, 9.17) is 10.5 Å². The van der Waals surface area contributed by atoms with Crippen molar-refractivity contribution >= 4 is 5.91 Å². The Hall–Kier alpha value is -0.650. The first kappa shape index (κ1) is 15.4. The van der Waals surface area contributed by atoms with Gasteiger partial charge in [0.05, 0.1) is 12.6 Å². The van der Waals surface area contributed by atoms with E-state index in [1.807, 2.05) is 18.7 Å². The maximum absolute atomic E-state index is 12.2. The van der Waals surface area contributed by atoms with E-state index >= 15 is 0 Å². The minimum Gasteiger partial charge on any atom is -0.383 e. The van der Waals surface area contributed by atoms with Crippen LogP contribution in [-0.4, -0.2) is 68.2 Å². The minimum atomic E-state index is -0.365. The summed E-state index contributed by atoms with van der Waals surface area (Å²) in [7, 11) is 1.72. The van der Waals surface area contributed by atoms with E-state index in [0.717, 1.165) is 45.8 Å². The van der Waals surface area contributed by atoms with Crippen molar-refractivity contribution in [2.24, 2.45) is 11.7 Å². The molecule has 1 heterocycles. The quantitative estimate of drug-likeness (QED) is 0.762. The summed E-state index contributed by atoms with van der Waals surface area (Å²) in [6.45, 7) is 9.22. The van der Waals surface area contributed by atoms with Gasteiger partial charge in [-0.05, 0) is 18.9 Å². The van der Waals surface area contributed by atoms with Gasteiger partial charge in [-0.1, -0.05) is 13.8 Å². The molecule has 0 radical (unpaired) electrons. The van der Waals surface area contributed by atoms with Gasteiger partial charge in [0.1, 0.15) is 0 Å². The molecule has 0 aliphatic carbocycles. The molecule has 0 aromatic heterocycles. The van der Waals surface area contributed by atoms with Crippen LogP contribution < -0.4 is 5.73 Å². The Morgan fingerprint density at radius 1 is 1.28 bits per heavy atom. The zero-order chi connectivity index (χ0) is 13.5. The van der Waals surface area contributed by atoms with Crippen LogP contribution in [0, 0.1) is 5.92 Å². The van der Waals surface area contributed by atoms with Crippen molar-refractivity contribution in [2.45, 2.75) is 26.3 Å². The molecule has 5 nitrogen and oxygen atoms in total. The Morgan fingerprint density at radius 2 is 2.00 bits per heavy atom. The summed E-state index contributed by atoms with van der Waals surface area (Å²) in [4.78, 5) is 16.4. The lowest BCUT2D eigenvalue weighted by Crippen LogP contribution is -2.47. The van der Waals surface area contributed by atoms with Crippen molar-refractivity contribution in [3.63, 3.8) is 0 Å². The molecule has 1 aliphatic heterocycles. The van der Waals surface area contributed by atoms with E-state index in [0.29, 0.717) is 0 Å². The number of carbonyl (C=O) groups excluding carboxylic acids is 1.